The van der Waals surface area contributed by atoms with Crippen LogP contribution in [0.15, 0.2) is 6.20 Å². The number of unbranched alkanes of at least 4 members (excludes halogenated alkanes) is 1. The maximum Gasteiger partial charge on any atom is 0.325 e. The Balaban J connectivity index is 2.92. The molecule has 4 N–H and O–H groups in total. The van der Waals surface area contributed by atoms with Gasteiger partial charge in [0.15, 0.2) is 0 Å². The van der Waals surface area contributed by atoms with Crippen LogP contribution in [0.3, 0.4) is 0 Å². The molecule has 0 bridgehead atoms. The van der Waals surface area contributed by atoms with Gasteiger partial charge in [-0.2, -0.15) is 0 Å². The lowest BCUT2D eigenvalue weighted by Gasteiger charge is -2.07. The van der Waals surface area contributed by atoms with Crippen molar-refractivity contribution in [1.29, 1.82) is 0 Å². The smallest absolute Gasteiger partial charge is 0.325 e. The summed E-state index contributed by atoms with van der Waals surface area (Å²) in [5.74, 6) is -1.12. The van der Waals surface area contributed by atoms with E-state index in [0.29, 0.717) is 22.5 Å². The summed E-state index contributed by atoms with van der Waals surface area (Å²) in [6.45, 7) is 2.01. The number of nitrogens with two attached hydrogens (primary N) is 1. The molecule has 84 valence electrons. The minimum Gasteiger partial charge on any atom is -0.480 e. The zero-order valence-corrected chi connectivity index (χ0v) is 8.55. The van der Waals surface area contributed by atoms with E-state index in [2.05, 4.69) is 5.10 Å². The van der Waals surface area contributed by atoms with Crippen LogP contribution in [0.25, 0.3) is 0 Å². The molecule has 0 aliphatic rings. The third-order valence-electron chi connectivity index (χ3n) is 2.25. The molecule has 0 aliphatic heterocycles. The third kappa shape index (κ3) is 2.47. The Morgan fingerprint density at radius 3 is 2.93 bits per heavy atom. The summed E-state index contributed by atoms with van der Waals surface area (Å²) in [4.78, 5) is 11.4. The molecule has 1 rings (SSSR count). The van der Waals surface area contributed by atoms with Crippen molar-refractivity contribution in [3.05, 3.63) is 17.5 Å². The second-order valence-corrected chi connectivity index (χ2v) is 3.36. The van der Waals surface area contributed by atoms with E-state index < -0.39 is 12.0 Å². The average Bonchev–Trinajstić information content (AvgIpc) is 2.55. The summed E-state index contributed by atoms with van der Waals surface area (Å²) in [6.07, 6.45) is 3.67. The number of aromatic nitrogens is 2. The number of hydrogen-bond acceptors (Lipinski definition) is 4. The number of carbonyl (C=O) groups is 1. The highest BCUT2D eigenvalue weighted by Crippen LogP contribution is 2.17. The SMILES string of the molecule is CCCCc1c(C(N)C(=O)O)cnn1O. The van der Waals surface area contributed by atoms with Crippen LogP contribution in [-0.2, 0) is 11.2 Å². The van der Waals surface area contributed by atoms with Crippen LogP contribution in [0.5, 0.6) is 0 Å². The molecule has 0 fully saturated rings. The van der Waals surface area contributed by atoms with Gasteiger partial charge in [-0.15, -0.1) is 9.94 Å². The maximum absolute atomic E-state index is 10.7. The molecule has 0 aliphatic carbocycles. The number of hydrogen-bond donors (Lipinski definition) is 3. The second kappa shape index (κ2) is 4.79. The molecule has 1 heterocycles. The summed E-state index contributed by atoms with van der Waals surface area (Å²) >= 11 is 0. The number of aliphatic carboxylic acids is 1. The molecule has 1 aromatic heterocycles. The van der Waals surface area contributed by atoms with E-state index in [4.69, 9.17) is 10.8 Å². The third-order valence-corrected chi connectivity index (χ3v) is 2.25. The zero-order chi connectivity index (χ0) is 11.4. The normalized spacial score (nSPS) is 12.7. The summed E-state index contributed by atoms with van der Waals surface area (Å²) in [5.41, 5.74) is 6.31. The van der Waals surface area contributed by atoms with Crippen molar-refractivity contribution in [2.75, 3.05) is 0 Å². The van der Waals surface area contributed by atoms with Gasteiger partial charge in [-0.3, -0.25) is 4.79 Å². The molecule has 0 saturated carbocycles. The summed E-state index contributed by atoms with van der Waals surface area (Å²) in [7, 11) is 0. The molecule has 6 nitrogen and oxygen atoms in total. The van der Waals surface area contributed by atoms with Crippen molar-refractivity contribution >= 4 is 5.97 Å². The lowest BCUT2D eigenvalue weighted by molar-refractivity contribution is -0.138. The topological polar surface area (TPSA) is 101 Å². The van der Waals surface area contributed by atoms with Gasteiger partial charge in [0.05, 0.1) is 11.9 Å². The van der Waals surface area contributed by atoms with E-state index in [1.807, 2.05) is 6.92 Å². The van der Waals surface area contributed by atoms with Gasteiger partial charge in [0, 0.05) is 5.56 Å². The number of nitrogens with zero attached hydrogens (tertiary/aromatic N) is 2. The van der Waals surface area contributed by atoms with E-state index in [0.717, 1.165) is 12.8 Å². The molecule has 1 aromatic rings. The Bertz CT molecular complexity index is 348. The first-order valence-electron chi connectivity index (χ1n) is 4.82. The standard InChI is InChI=1S/C9H15N3O3/c1-2-3-4-7-6(5-11-12(7)15)8(10)9(13)14/h5,8,15H,2-4,10H2,1H3,(H,13,14). The van der Waals surface area contributed by atoms with Gasteiger partial charge in [0.1, 0.15) is 6.04 Å². The van der Waals surface area contributed by atoms with Crippen molar-refractivity contribution in [3.63, 3.8) is 0 Å². The lowest BCUT2D eigenvalue weighted by atomic mass is 10.1. The fourth-order valence-corrected chi connectivity index (χ4v) is 1.36. The summed E-state index contributed by atoms with van der Waals surface area (Å²) in [6, 6.07) is -1.13. The van der Waals surface area contributed by atoms with Crippen LogP contribution in [0, 0.1) is 0 Å². The maximum atomic E-state index is 10.7. The number of rotatable bonds is 5. The first kappa shape index (κ1) is 11.5. The van der Waals surface area contributed by atoms with Gasteiger partial charge in [-0.25, -0.2) is 0 Å². The Morgan fingerprint density at radius 2 is 2.40 bits per heavy atom. The molecular formula is C9H15N3O3. The highest BCUT2D eigenvalue weighted by molar-refractivity contribution is 5.75. The van der Waals surface area contributed by atoms with Crippen LogP contribution in [0.2, 0.25) is 0 Å². The molecule has 0 aromatic carbocycles. The molecule has 0 amide bonds. The quantitative estimate of drug-likeness (QED) is 0.620. The van der Waals surface area contributed by atoms with Crippen molar-refractivity contribution < 1.29 is 15.1 Å². The molecule has 15 heavy (non-hydrogen) atoms. The van der Waals surface area contributed by atoms with E-state index in [1.165, 1.54) is 6.20 Å². The van der Waals surface area contributed by atoms with E-state index in [1.54, 1.807) is 0 Å². The zero-order valence-electron chi connectivity index (χ0n) is 8.55. The summed E-state index contributed by atoms with van der Waals surface area (Å²) in [5, 5.41) is 21.7. The first-order chi connectivity index (χ1) is 7.07. The highest BCUT2D eigenvalue weighted by Gasteiger charge is 2.21. The Hall–Kier alpha value is -1.56. The number of carboxylic acids is 1. The molecule has 1 unspecified atom stereocenters. The number of carboxylic acid groups (broad SMARTS) is 1. The molecule has 6 heteroatoms. The predicted molar refractivity (Wildman–Crippen MR) is 52.6 cm³/mol. The summed E-state index contributed by atoms with van der Waals surface area (Å²) < 4.78 is 0. The first-order valence-corrected chi connectivity index (χ1v) is 4.82. The predicted octanol–water partition coefficient (Wildman–Crippen LogP) is 0.547. The highest BCUT2D eigenvalue weighted by atomic mass is 16.5. The van der Waals surface area contributed by atoms with Crippen molar-refractivity contribution in [1.82, 2.24) is 9.94 Å². The van der Waals surface area contributed by atoms with Gasteiger partial charge in [0.2, 0.25) is 0 Å². The minimum absolute atomic E-state index is 0.374. The monoisotopic (exact) mass is 213 g/mol. The fourth-order valence-electron chi connectivity index (χ4n) is 1.36. The molecule has 0 spiro atoms. The Kier molecular flexibility index (Phi) is 3.68. The van der Waals surface area contributed by atoms with Crippen LogP contribution >= 0.6 is 0 Å². The van der Waals surface area contributed by atoms with Gasteiger partial charge in [0.25, 0.3) is 0 Å². The van der Waals surface area contributed by atoms with E-state index in [-0.39, 0.29) is 0 Å². The molecule has 0 saturated heterocycles. The largest absolute Gasteiger partial charge is 0.480 e. The van der Waals surface area contributed by atoms with Crippen LogP contribution in [0.1, 0.15) is 37.1 Å². The van der Waals surface area contributed by atoms with Crippen LogP contribution in [0.4, 0.5) is 0 Å². The van der Waals surface area contributed by atoms with Gasteiger partial charge in [-0.1, -0.05) is 13.3 Å². The fraction of sp³-hybridized carbons (Fsp3) is 0.556. The van der Waals surface area contributed by atoms with Gasteiger partial charge < -0.3 is 16.0 Å². The van der Waals surface area contributed by atoms with Crippen LogP contribution < -0.4 is 5.73 Å². The van der Waals surface area contributed by atoms with Crippen molar-refractivity contribution in [2.24, 2.45) is 5.73 Å². The minimum atomic E-state index is -1.13. The molecule has 0 radical (unpaired) electrons. The van der Waals surface area contributed by atoms with E-state index >= 15 is 0 Å². The van der Waals surface area contributed by atoms with Gasteiger partial charge in [-0.05, 0) is 12.8 Å². The average molecular weight is 213 g/mol. The molecular weight excluding hydrogens is 198 g/mol. The molecule has 1 atom stereocenters. The van der Waals surface area contributed by atoms with Gasteiger partial charge >= 0.3 is 5.97 Å². The second-order valence-electron chi connectivity index (χ2n) is 3.36. The van der Waals surface area contributed by atoms with E-state index in [9.17, 15) is 10.0 Å². The Morgan fingerprint density at radius 1 is 1.73 bits per heavy atom. The lowest BCUT2D eigenvalue weighted by Crippen LogP contribution is -2.22. The van der Waals surface area contributed by atoms with Crippen molar-refractivity contribution in [2.45, 2.75) is 32.2 Å². The Labute approximate surface area is 87.3 Å². The van der Waals surface area contributed by atoms with Crippen molar-refractivity contribution in [3.8, 4) is 0 Å². The van der Waals surface area contributed by atoms with Crippen LogP contribution in [-0.4, -0.2) is 26.2 Å².